The lowest BCUT2D eigenvalue weighted by atomic mass is 10.2. The Morgan fingerprint density at radius 3 is 2.65 bits per heavy atom. The van der Waals surface area contributed by atoms with Crippen LogP contribution < -0.4 is 21.3 Å². The molecule has 0 aliphatic carbocycles. The van der Waals surface area contributed by atoms with Crippen LogP contribution in [0, 0.1) is 6.92 Å². The SMILES string of the molecule is Cc1cccc(NC(=O)NCC(=O)NCCNc2ncc(Cl)cc2Cl)c1. The number of carbonyl (C=O) groups excluding carboxylic acids is 2. The van der Waals surface area contributed by atoms with E-state index < -0.39 is 6.03 Å². The first-order chi connectivity index (χ1) is 12.4. The normalized spacial score (nSPS) is 10.1. The minimum absolute atomic E-state index is 0.127. The van der Waals surface area contributed by atoms with E-state index in [9.17, 15) is 9.59 Å². The number of carbonyl (C=O) groups is 2. The Balaban J connectivity index is 1.63. The molecule has 9 heteroatoms. The number of nitrogens with one attached hydrogen (secondary N) is 4. The number of pyridine rings is 1. The largest absolute Gasteiger partial charge is 0.367 e. The van der Waals surface area contributed by atoms with Crippen LogP contribution >= 0.6 is 23.2 Å². The highest BCUT2D eigenvalue weighted by Crippen LogP contribution is 2.21. The maximum Gasteiger partial charge on any atom is 0.319 e. The van der Waals surface area contributed by atoms with E-state index in [0.29, 0.717) is 34.6 Å². The van der Waals surface area contributed by atoms with Gasteiger partial charge in [-0.25, -0.2) is 9.78 Å². The molecule has 0 radical (unpaired) electrons. The second-order valence-corrected chi connectivity index (χ2v) is 6.28. The van der Waals surface area contributed by atoms with Crippen molar-refractivity contribution in [3.63, 3.8) is 0 Å². The van der Waals surface area contributed by atoms with Gasteiger partial charge in [0.1, 0.15) is 5.82 Å². The quantitative estimate of drug-likeness (QED) is 0.541. The number of amides is 3. The molecule has 138 valence electrons. The van der Waals surface area contributed by atoms with Crippen LogP contribution in [0.15, 0.2) is 36.5 Å². The number of rotatable bonds is 7. The van der Waals surface area contributed by atoms with Gasteiger partial charge in [0.05, 0.1) is 16.6 Å². The van der Waals surface area contributed by atoms with Crippen LogP contribution in [0.2, 0.25) is 10.0 Å². The lowest BCUT2D eigenvalue weighted by Crippen LogP contribution is -2.40. The van der Waals surface area contributed by atoms with E-state index in [0.717, 1.165) is 5.56 Å². The van der Waals surface area contributed by atoms with Crippen LogP contribution in [0.3, 0.4) is 0 Å². The lowest BCUT2D eigenvalue weighted by molar-refractivity contribution is -0.120. The summed E-state index contributed by atoms with van der Waals surface area (Å²) in [6.45, 7) is 2.57. The second kappa shape index (κ2) is 9.84. The van der Waals surface area contributed by atoms with E-state index in [1.165, 1.54) is 6.20 Å². The standard InChI is InChI=1S/C17H19Cl2N5O2/c1-11-3-2-4-13(7-11)24-17(26)23-10-15(25)20-5-6-21-16-14(19)8-12(18)9-22-16/h2-4,7-9H,5-6,10H2,1H3,(H,20,25)(H,21,22)(H2,23,24,26). The zero-order valence-corrected chi connectivity index (χ0v) is 15.6. The number of aromatic nitrogens is 1. The van der Waals surface area contributed by atoms with Crippen molar-refractivity contribution < 1.29 is 9.59 Å². The van der Waals surface area contributed by atoms with Crippen LogP contribution in [0.25, 0.3) is 0 Å². The number of hydrogen-bond acceptors (Lipinski definition) is 4. The average molecular weight is 396 g/mol. The predicted molar refractivity (Wildman–Crippen MR) is 104 cm³/mol. The highest BCUT2D eigenvalue weighted by molar-refractivity contribution is 6.35. The molecule has 3 amide bonds. The minimum Gasteiger partial charge on any atom is -0.367 e. The molecule has 0 aliphatic heterocycles. The van der Waals surface area contributed by atoms with Crippen molar-refractivity contribution in [2.75, 3.05) is 30.3 Å². The number of urea groups is 1. The van der Waals surface area contributed by atoms with Crippen LogP contribution in [0.1, 0.15) is 5.56 Å². The molecule has 0 saturated carbocycles. The second-order valence-electron chi connectivity index (χ2n) is 5.44. The lowest BCUT2D eigenvalue weighted by Gasteiger charge is -2.10. The van der Waals surface area contributed by atoms with Crippen LogP contribution in [-0.2, 0) is 4.79 Å². The molecule has 0 unspecified atom stereocenters. The van der Waals surface area contributed by atoms with E-state index >= 15 is 0 Å². The van der Waals surface area contributed by atoms with Crippen molar-refractivity contribution in [2.24, 2.45) is 0 Å². The number of benzene rings is 1. The molecule has 1 aromatic carbocycles. The molecule has 0 aliphatic rings. The summed E-state index contributed by atoms with van der Waals surface area (Å²) in [4.78, 5) is 27.5. The smallest absolute Gasteiger partial charge is 0.319 e. The van der Waals surface area contributed by atoms with Crippen LogP contribution in [-0.4, -0.2) is 36.6 Å². The van der Waals surface area contributed by atoms with Gasteiger partial charge < -0.3 is 21.3 Å². The van der Waals surface area contributed by atoms with Gasteiger partial charge in [-0.1, -0.05) is 35.3 Å². The molecule has 7 nitrogen and oxygen atoms in total. The third-order valence-electron chi connectivity index (χ3n) is 3.23. The maximum atomic E-state index is 11.8. The zero-order chi connectivity index (χ0) is 18.9. The zero-order valence-electron chi connectivity index (χ0n) is 14.1. The van der Waals surface area contributed by atoms with Crippen molar-refractivity contribution in [3.8, 4) is 0 Å². The van der Waals surface area contributed by atoms with Crippen molar-refractivity contribution in [2.45, 2.75) is 6.92 Å². The van der Waals surface area contributed by atoms with Gasteiger partial charge in [-0.2, -0.15) is 0 Å². The molecule has 1 heterocycles. The van der Waals surface area contributed by atoms with E-state index in [4.69, 9.17) is 23.2 Å². The maximum absolute atomic E-state index is 11.8. The van der Waals surface area contributed by atoms with Crippen molar-refractivity contribution in [3.05, 3.63) is 52.1 Å². The number of anilines is 2. The van der Waals surface area contributed by atoms with Crippen LogP contribution in [0.5, 0.6) is 0 Å². The van der Waals surface area contributed by atoms with Crippen LogP contribution in [0.4, 0.5) is 16.3 Å². The summed E-state index contributed by atoms with van der Waals surface area (Å²) in [5, 5.41) is 11.7. The summed E-state index contributed by atoms with van der Waals surface area (Å²) < 4.78 is 0. The molecule has 0 spiro atoms. The van der Waals surface area contributed by atoms with Gasteiger partial charge in [0.2, 0.25) is 5.91 Å². The third-order valence-corrected chi connectivity index (χ3v) is 3.73. The fourth-order valence-corrected chi connectivity index (χ4v) is 2.50. The Kier molecular flexibility index (Phi) is 7.50. The van der Waals surface area contributed by atoms with Gasteiger partial charge in [-0.3, -0.25) is 4.79 Å². The summed E-state index contributed by atoms with van der Waals surface area (Å²) in [7, 11) is 0. The van der Waals surface area contributed by atoms with E-state index in [1.807, 2.05) is 25.1 Å². The Bertz CT molecular complexity index is 785. The molecule has 2 aromatic rings. The highest BCUT2D eigenvalue weighted by Gasteiger charge is 2.06. The summed E-state index contributed by atoms with van der Waals surface area (Å²) in [6.07, 6.45) is 1.48. The molecule has 1 aromatic heterocycles. The van der Waals surface area contributed by atoms with Gasteiger partial charge >= 0.3 is 6.03 Å². The Morgan fingerprint density at radius 2 is 1.92 bits per heavy atom. The summed E-state index contributed by atoms with van der Waals surface area (Å²) in [6, 6.07) is 8.51. The fraction of sp³-hybridized carbons (Fsp3) is 0.235. The molecule has 26 heavy (non-hydrogen) atoms. The Morgan fingerprint density at radius 1 is 1.12 bits per heavy atom. The van der Waals surface area contributed by atoms with E-state index in [2.05, 4.69) is 26.3 Å². The first kappa shape index (κ1) is 19.8. The highest BCUT2D eigenvalue weighted by atomic mass is 35.5. The molecule has 4 N–H and O–H groups in total. The van der Waals surface area contributed by atoms with Crippen molar-refractivity contribution in [1.29, 1.82) is 0 Å². The number of hydrogen-bond donors (Lipinski definition) is 4. The van der Waals surface area contributed by atoms with Crippen molar-refractivity contribution >= 4 is 46.6 Å². The third kappa shape index (κ3) is 6.78. The molecule has 0 atom stereocenters. The Hall–Kier alpha value is -2.51. The molecule has 0 fully saturated rings. The topological polar surface area (TPSA) is 95.2 Å². The minimum atomic E-state index is -0.443. The van der Waals surface area contributed by atoms with Gasteiger partial charge in [-0.15, -0.1) is 0 Å². The van der Waals surface area contributed by atoms with Gasteiger partial charge in [-0.05, 0) is 30.7 Å². The Labute approximate surface area is 161 Å². The van der Waals surface area contributed by atoms with Gasteiger partial charge in [0, 0.05) is 25.0 Å². The molecular weight excluding hydrogens is 377 g/mol. The molecule has 0 saturated heterocycles. The van der Waals surface area contributed by atoms with Gasteiger partial charge in [0.25, 0.3) is 0 Å². The summed E-state index contributed by atoms with van der Waals surface area (Å²) in [5.41, 5.74) is 1.70. The van der Waals surface area contributed by atoms with Crippen molar-refractivity contribution in [1.82, 2.24) is 15.6 Å². The van der Waals surface area contributed by atoms with E-state index in [1.54, 1.807) is 12.1 Å². The molecule has 2 rings (SSSR count). The average Bonchev–Trinajstić information content (AvgIpc) is 2.58. The fourth-order valence-electron chi connectivity index (χ4n) is 2.05. The molecular formula is C17H19Cl2N5O2. The monoisotopic (exact) mass is 395 g/mol. The number of aryl methyl sites for hydroxylation is 1. The molecule has 0 bridgehead atoms. The summed E-state index contributed by atoms with van der Waals surface area (Å²) >= 11 is 11.7. The van der Waals surface area contributed by atoms with Gasteiger partial charge in [0.15, 0.2) is 0 Å². The number of nitrogens with zero attached hydrogens (tertiary/aromatic N) is 1. The first-order valence-electron chi connectivity index (χ1n) is 7.87. The predicted octanol–water partition coefficient (Wildman–Crippen LogP) is 3.05. The van der Waals surface area contributed by atoms with E-state index in [-0.39, 0.29) is 12.5 Å². The summed E-state index contributed by atoms with van der Waals surface area (Å²) in [5.74, 6) is 0.183. The number of halogens is 2. The first-order valence-corrected chi connectivity index (χ1v) is 8.63.